The largest absolute Gasteiger partial charge is 0.391 e. The van der Waals surface area contributed by atoms with Crippen molar-refractivity contribution in [1.82, 2.24) is 15.5 Å². The normalized spacial score (nSPS) is 34.8. The summed E-state index contributed by atoms with van der Waals surface area (Å²) in [6.07, 6.45) is 8.97. The molecule has 116 valence electrons. The summed E-state index contributed by atoms with van der Waals surface area (Å²) in [5, 5.41) is 17.5. The van der Waals surface area contributed by atoms with E-state index >= 15 is 0 Å². The second-order valence-electron chi connectivity index (χ2n) is 6.50. The van der Waals surface area contributed by atoms with E-state index in [0.717, 1.165) is 24.4 Å². The maximum Gasteiger partial charge on any atom is 0.166 e. The van der Waals surface area contributed by atoms with E-state index in [9.17, 15) is 5.11 Å². The fourth-order valence-corrected chi connectivity index (χ4v) is 3.86. The molecule has 0 saturated heterocycles. The van der Waals surface area contributed by atoms with Crippen molar-refractivity contribution in [3.05, 3.63) is 0 Å². The molecule has 2 rings (SSSR count). The first-order chi connectivity index (χ1) is 9.58. The van der Waals surface area contributed by atoms with Crippen molar-refractivity contribution in [2.24, 2.45) is 0 Å². The number of likely N-dealkylation sites (N-methyl/N-ethyl adjacent to an activating group) is 1. The van der Waals surface area contributed by atoms with Gasteiger partial charge in [0.2, 0.25) is 0 Å². The summed E-state index contributed by atoms with van der Waals surface area (Å²) in [5.74, 6) is 0. The molecule has 0 radical (unpaired) electrons. The van der Waals surface area contributed by atoms with Gasteiger partial charge in [-0.25, -0.2) is 0 Å². The van der Waals surface area contributed by atoms with Gasteiger partial charge in [-0.3, -0.25) is 0 Å². The van der Waals surface area contributed by atoms with Crippen molar-refractivity contribution in [3.8, 4) is 0 Å². The molecule has 0 aromatic heterocycles. The number of aliphatic hydroxyl groups is 1. The van der Waals surface area contributed by atoms with Crippen LogP contribution in [-0.2, 0) is 0 Å². The molecule has 3 N–H and O–H groups in total. The van der Waals surface area contributed by atoms with Gasteiger partial charge in [-0.1, -0.05) is 25.7 Å². The van der Waals surface area contributed by atoms with E-state index in [1.165, 1.54) is 32.1 Å². The van der Waals surface area contributed by atoms with Gasteiger partial charge in [0.15, 0.2) is 5.11 Å². The second-order valence-corrected chi connectivity index (χ2v) is 6.91. The molecule has 2 saturated carbocycles. The number of rotatable bonds is 3. The Kier molecular flexibility index (Phi) is 6.05. The number of hydrogen-bond acceptors (Lipinski definition) is 3. The van der Waals surface area contributed by atoms with Gasteiger partial charge in [0.05, 0.1) is 12.1 Å². The molecule has 2 fully saturated rings. The number of aliphatic hydroxyl groups excluding tert-OH is 1. The van der Waals surface area contributed by atoms with E-state index in [4.69, 9.17) is 12.2 Å². The average Bonchev–Trinajstić information content (AvgIpc) is 2.41. The predicted molar refractivity (Wildman–Crippen MR) is 86.9 cm³/mol. The topological polar surface area (TPSA) is 47.5 Å². The lowest BCUT2D eigenvalue weighted by Crippen LogP contribution is -2.56. The average molecular weight is 299 g/mol. The summed E-state index contributed by atoms with van der Waals surface area (Å²) in [5.41, 5.74) is 0. The minimum absolute atomic E-state index is 0.130. The molecule has 0 bridgehead atoms. The third kappa shape index (κ3) is 4.30. The molecule has 5 heteroatoms. The zero-order valence-electron chi connectivity index (χ0n) is 12.8. The van der Waals surface area contributed by atoms with Crippen LogP contribution >= 0.6 is 12.2 Å². The van der Waals surface area contributed by atoms with Crippen LogP contribution in [0.15, 0.2) is 0 Å². The molecule has 0 aliphatic heterocycles. The van der Waals surface area contributed by atoms with E-state index in [1.807, 2.05) is 0 Å². The highest BCUT2D eigenvalue weighted by Gasteiger charge is 2.28. The van der Waals surface area contributed by atoms with Gasteiger partial charge in [-0.05, 0) is 52.0 Å². The van der Waals surface area contributed by atoms with Crippen LogP contribution in [0.3, 0.4) is 0 Å². The molecule has 2 aliphatic rings. The van der Waals surface area contributed by atoms with Crippen molar-refractivity contribution in [3.63, 3.8) is 0 Å². The summed E-state index contributed by atoms with van der Waals surface area (Å²) in [6.45, 7) is 0. The van der Waals surface area contributed by atoms with Crippen LogP contribution in [0, 0.1) is 0 Å². The summed E-state index contributed by atoms with van der Waals surface area (Å²) in [6, 6.07) is 1.12. The zero-order valence-corrected chi connectivity index (χ0v) is 13.6. The van der Waals surface area contributed by atoms with Gasteiger partial charge in [0, 0.05) is 12.1 Å². The minimum Gasteiger partial charge on any atom is -0.391 e. The first-order valence-corrected chi connectivity index (χ1v) is 8.40. The second kappa shape index (κ2) is 7.57. The molecule has 4 atom stereocenters. The molecule has 0 spiro atoms. The van der Waals surface area contributed by atoms with Crippen molar-refractivity contribution in [1.29, 1.82) is 0 Å². The third-order valence-corrected chi connectivity index (χ3v) is 4.99. The van der Waals surface area contributed by atoms with E-state index < -0.39 is 0 Å². The maximum absolute atomic E-state index is 10.0. The molecule has 20 heavy (non-hydrogen) atoms. The molecule has 0 amide bonds. The van der Waals surface area contributed by atoms with Crippen LogP contribution in [0.1, 0.15) is 51.4 Å². The van der Waals surface area contributed by atoms with Crippen molar-refractivity contribution in [2.45, 2.75) is 75.6 Å². The van der Waals surface area contributed by atoms with E-state index in [0.29, 0.717) is 12.1 Å². The Morgan fingerprint density at radius 2 is 1.50 bits per heavy atom. The predicted octanol–water partition coefficient (Wildman–Crippen LogP) is 1.63. The van der Waals surface area contributed by atoms with E-state index in [-0.39, 0.29) is 12.1 Å². The number of nitrogens with zero attached hydrogens (tertiary/aromatic N) is 1. The Hall–Kier alpha value is -0.390. The Labute approximate surface area is 128 Å². The third-order valence-electron chi connectivity index (χ3n) is 4.76. The highest BCUT2D eigenvalue weighted by molar-refractivity contribution is 7.80. The Morgan fingerprint density at radius 3 is 2.15 bits per heavy atom. The molecule has 0 aromatic rings. The Balaban J connectivity index is 1.83. The smallest absolute Gasteiger partial charge is 0.166 e. The molecule has 0 aromatic carbocycles. The Morgan fingerprint density at radius 1 is 0.950 bits per heavy atom. The van der Waals surface area contributed by atoms with Crippen LogP contribution in [0.2, 0.25) is 0 Å². The van der Waals surface area contributed by atoms with Crippen molar-refractivity contribution < 1.29 is 5.11 Å². The van der Waals surface area contributed by atoms with Crippen LogP contribution in [-0.4, -0.2) is 53.4 Å². The van der Waals surface area contributed by atoms with Crippen LogP contribution < -0.4 is 10.6 Å². The van der Waals surface area contributed by atoms with Gasteiger partial charge in [-0.15, -0.1) is 0 Å². The molecule has 2 aliphatic carbocycles. The first kappa shape index (κ1) is 16.0. The van der Waals surface area contributed by atoms with Crippen molar-refractivity contribution in [2.75, 3.05) is 14.1 Å². The minimum atomic E-state index is -0.250. The summed E-state index contributed by atoms with van der Waals surface area (Å²) in [7, 11) is 4.29. The van der Waals surface area contributed by atoms with Crippen LogP contribution in [0.25, 0.3) is 0 Å². The lowest BCUT2D eigenvalue weighted by Gasteiger charge is -2.38. The maximum atomic E-state index is 10.0. The van der Waals surface area contributed by atoms with Crippen molar-refractivity contribution >= 4 is 17.3 Å². The molecule has 0 heterocycles. The van der Waals surface area contributed by atoms with Gasteiger partial charge >= 0.3 is 0 Å². The highest BCUT2D eigenvalue weighted by atomic mass is 32.1. The number of nitrogens with one attached hydrogen (secondary N) is 2. The van der Waals surface area contributed by atoms with Crippen LogP contribution in [0.5, 0.6) is 0 Å². The van der Waals surface area contributed by atoms with Gasteiger partial charge in [0.1, 0.15) is 0 Å². The summed E-state index contributed by atoms with van der Waals surface area (Å²) < 4.78 is 0. The molecular weight excluding hydrogens is 270 g/mol. The highest BCUT2D eigenvalue weighted by Crippen LogP contribution is 2.22. The molecular formula is C15H29N3OS. The zero-order chi connectivity index (χ0) is 14.5. The monoisotopic (exact) mass is 299 g/mol. The lowest BCUT2D eigenvalue weighted by molar-refractivity contribution is 0.0992. The van der Waals surface area contributed by atoms with Gasteiger partial charge in [0.25, 0.3) is 0 Å². The number of hydrogen-bond donors (Lipinski definition) is 3. The summed E-state index contributed by atoms with van der Waals surface area (Å²) in [4.78, 5) is 2.30. The van der Waals surface area contributed by atoms with Gasteiger partial charge in [-0.2, -0.15) is 0 Å². The Bertz CT molecular complexity index is 324. The SMILES string of the molecule is CN(C)[C@@H]1CCCC[C@H]1NC(=S)N[C@H]1CCCC[C@@H]1O. The molecule has 4 nitrogen and oxygen atoms in total. The van der Waals surface area contributed by atoms with Crippen LogP contribution in [0.4, 0.5) is 0 Å². The first-order valence-electron chi connectivity index (χ1n) is 7.99. The number of thiocarbonyl (C=S) groups is 1. The fraction of sp³-hybridized carbons (Fsp3) is 0.933. The van der Waals surface area contributed by atoms with E-state index in [1.54, 1.807) is 0 Å². The quantitative estimate of drug-likeness (QED) is 0.692. The van der Waals surface area contributed by atoms with E-state index in [2.05, 4.69) is 29.6 Å². The van der Waals surface area contributed by atoms with Gasteiger partial charge < -0.3 is 20.6 Å². The molecule has 0 unspecified atom stereocenters. The standard InChI is InChI=1S/C15H29N3OS/c1-18(2)13-9-5-3-7-11(13)16-15(20)17-12-8-4-6-10-14(12)19/h11-14,19H,3-10H2,1-2H3,(H2,16,17,20)/t11-,12+,13-,14+/m1/s1. The summed E-state index contributed by atoms with van der Waals surface area (Å²) >= 11 is 5.46. The fourth-order valence-electron chi connectivity index (χ4n) is 3.56. The lowest BCUT2D eigenvalue weighted by atomic mass is 9.89.